The van der Waals surface area contributed by atoms with Crippen molar-refractivity contribution in [1.29, 1.82) is 0 Å². The number of carbonyl (C=O) groups is 1. The lowest BCUT2D eigenvalue weighted by Gasteiger charge is -2.08. The number of hydrogen-bond acceptors (Lipinski definition) is 4. The Balaban J connectivity index is 1.44. The normalized spacial score (nSPS) is 10.9. The molecule has 5 rings (SSSR count). The van der Waals surface area contributed by atoms with Crippen LogP contribution in [0.15, 0.2) is 91.1 Å². The summed E-state index contributed by atoms with van der Waals surface area (Å²) in [4.78, 5) is 17.5. The fraction of sp³-hybridized carbons (Fsp3) is 0. The predicted molar refractivity (Wildman–Crippen MR) is 117 cm³/mol. The van der Waals surface area contributed by atoms with E-state index < -0.39 is 0 Å². The highest BCUT2D eigenvalue weighted by Gasteiger charge is 2.15. The van der Waals surface area contributed by atoms with Gasteiger partial charge < -0.3 is 5.32 Å². The molecule has 0 saturated heterocycles. The fourth-order valence-corrected chi connectivity index (χ4v) is 4.13. The van der Waals surface area contributed by atoms with E-state index in [2.05, 4.69) is 10.4 Å². The van der Waals surface area contributed by atoms with Gasteiger partial charge in [-0.25, -0.2) is 9.67 Å². The topological polar surface area (TPSA) is 59.8 Å². The first kappa shape index (κ1) is 17.3. The number of benzene rings is 3. The lowest BCUT2D eigenvalue weighted by Crippen LogP contribution is -2.13. The molecular weight excluding hydrogens is 380 g/mol. The summed E-state index contributed by atoms with van der Waals surface area (Å²) in [6.07, 6.45) is 1.78. The maximum Gasteiger partial charge on any atom is 0.276 e. The van der Waals surface area contributed by atoms with Crippen molar-refractivity contribution in [2.45, 2.75) is 0 Å². The molecule has 0 unspecified atom stereocenters. The monoisotopic (exact) mass is 396 g/mol. The molecule has 0 bridgehead atoms. The van der Waals surface area contributed by atoms with Gasteiger partial charge in [0.1, 0.15) is 5.01 Å². The minimum atomic E-state index is -0.256. The van der Waals surface area contributed by atoms with Gasteiger partial charge in [0.15, 0.2) is 5.69 Å². The highest BCUT2D eigenvalue weighted by Crippen LogP contribution is 2.34. The van der Waals surface area contributed by atoms with Gasteiger partial charge in [-0.3, -0.25) is 4.79 Å². The number of thiazole rings is 1. The van der Waals surface area contributed by atoms with Crippen LogP contribution in [-0.2, 0) is 0 Å². The predicted octanol–water partition coefficient (Wildman–Crippen LogP) is 5.40. The van der Waals surface area contributed by atoms with Crippen LogP contribution < -0.4 is 5.32 Å². The van der Waals surface area contributed by atoms with Crippen LogP contribution in [-0.4, -0.2) is 20.7 Å². The molecule has 6 heteroatoms. The number of para-hydroxylation sites is 3. The zero-order chi connectivity index (χ0) is 19.6. The number of rotatable bonds is 4. The maximum atomic E-state index is 12.8. The van der Waals surface area contributed by atoms with Crippen LogP contribution in [0.1, 0.15) is 10.5 Å². The van der Waals surface area contributed by atoms with Crippen molar-refractivity contribution in [3.05, 3.63) is 96.8 Å². The lowest BCUT2D eigenvalue weighted by atomic mass is 10.2. The van der Waals surface area contributed by atoms with Gasteiger partial charge in [-0.05, 0) is 42.5 Å². The second-order valence-electron chi connectivity index (χ2n) is 6.47. The molecule has 0 atom stereocenters. The minimum absolute atomic E-state index is 0.256. The smallest absolute Gasteiger partial charge is 0.276 e. The molecule has 29 heavy (non-hydrogen) atoms. The van der Waals surface area contributed by atoms with E-state index in [4.69, 9.17) is 4.98 Å². The number of amides is 1. The van der Waals surface area contributed by atoms with E-state index in [0.717, 1.165) is 26.5 Å². The van der Waals surface area contributed by atoms with Crippen LogP contribution in [0.25, 0.3) is 26.5 Å². The zero-order valence-corrected chi connectivity index (χ0v) is 16.1. The third-order valence-corrected chi connectivity index (χ3v) is 5.61. The van der Waals surface area contributed by atoms with Crippen molar-refractivity contribution in [3.63, 3.8) is 0 Å². The van der Waals surface area contributed by atoms with E-state index in [1.165, 1.54) is 0 Å². The highest BCUT2D eigenvalue weighted by atomic mass is 32.1. The summed E-state index contributed by atoms with van der Waals surface area (Å²) in [5, 5.41) is 8.26. The Morgan fingerprint density at radius 2 is 1.62 bits per heavy atom. The molecule has 0 spiro atoms. The average molecular weight is 396 g/mol. The summed E-state index contributed by atoms with van der Waals surface area (Å²) in [7, 11) is 0. The third-order valence-electron chi connectivity index (χ3n) is 4.54. The summed E-state index contributed by atoms with van der Waals surface area (Å²) in [5.41, 5.74) is 3.82. The number of hydrogen-bond donors (Lipinski definition) is 1. The quantitative estimate of drug-likeness (QED) is 0.442. The molecule has 2 aromatic heterocycles. The first-order chi connectivity index (χ1) is 14.3. The number of fused-ring (bicyclic) bond motifs is 1. The Hall–Kier alpha value is -3.77. The van der Waals surface area contributed by atoms with Crippen molar-refractivity contribution in [2.75, 3.05) is 5.32 Å². The van der Waals surface area contributed by atoms with E-state index >= 15 is 0 Å². The summed E-state index contributed by atoms with van der Waals surface area (Å²) < 4.78 is 2.80. The molecule has 0 fully saturated rings. The van der Waals surface area contributed by atoms with Crippen LogP contribution in [0.2, 0.25) is 0 Å². The van der Waals surface area contributed by atoms with Crippen molar-refractivity contribution in [3.8, 4) is 16.3 Å². The molecule has 1 amide bonds. The van der Waals surface area contributed by atoms with Crippen molar-refractivity contribution >= 4 is 33.1 Å². The molecule has 0 radical (unpaired) electrons. The minimum Gasteiger partial charge on any atom is -0.320 e. The van der Waals surface area contributed by atoms with Crippen LogP contribution in [0.3, 0.4) is 0 Å². The van der Waals surface area contributed by atoms with Crippen molar-refractivity contribution in [2.24, 2.45) is 0 Å². The van der Waals surface area contributed by atoms with E-state index in [-0.39, 0.29) is 5.91 Å². The number of aromatic nitrogens is 3. The van der Waals surface area contributed by atoms with Crippen molar-refractivity contribution < 1.29 is 4.79 Å². The molecule has 140 valence electrons. The van der Waals surface area contributed by atoms with Gasteiger partial charge in [-0.15, -0.1) is 11.3 Å². The molecule has 5 aromatic rings. The number of nitrogens with zero attached hydrogens (tertiary/aromatic N) is 3. The van der Waals surface area contributed by atoms with E-state index in [9.17, 15) is 4.79 Å². The summed E-state index contributed by atoms with van der Waals surface area (Å²) in [6, 6.07) is 27.1. The van der Waals surface area contributed by atoms with Gasteiger partial charge >= 0.3 is 0 Å². The third kappa shape index (κ3) is 3.41. The highest BCUT2D eigenvalue weighted by molar-refractivity contribution is 7.21. The Morgan fingerprint density at radius 1 is 0.862 bits per heavy atom. The van der Waals surface area contributed by atoms with E-state index in [1.807, 2.05) is 78.9 Å². The van der Waals surface area contributed by atoms with Gasteiger partial charge in [0.25, 0.3) is 5.91 Å². The Bertz CT molecular complexity index is 1270. The van der Waals surface area contributed by atoms with Gasteiger partial charge in [0.2, 0.25) is 0 Å². The second-order valence-corrected chi connectivity index (χ2v) is 7.50. The summed E-state index contributed by atoms with van der Waals surface area (Å²) in [6.45, 7) is 0. The SMILES string of the molecule is O=C(Nc1ccccc1-c1nc2ccccc2s1)c1ccn(-c2ccccc2)n1. The molecule has 2 heterocycles. The standard InChI is InChI=1S/C23H16N4OS/c28-22(20-14-15-27(26-20)16-8-2-1-3-9-16)24-18-11-5-4-10-17(18)23-25-19-12-6-7-13-21(19)29-23/h1-15H,(H,24,28). The van der Waals surface area contributed by atoms with E-state index in [0.29, 0.717) is 11.4 Å². The second kappa shape index (κ2) is 7.33. The first-order valence-electron chi connectivity index (χ1n) is 9.15. The largest absolute Gasteiger partial charge is 0.320 e. The fourth-order valence-electron chi connectivity index (χ4n) is 3.12. The van der Waals surface area contributed by atoms with Gasteiger partial charge in [0, 0.05) is 11.8 Å². The molecule has 5 nitrogen and oxygen atoms in total. The number of nitrogens with one attached hydrogen (secondary N) is 1. The Morgan fingerprint density at radius 3 is 2.48 bits per heavy atom. The van der Waals surface area contributed by atoms with Crippen molar-refractivity contribution in [1.82, 2.24) is 14.8 Å². The molecule has 0 saturated carbocycles. The average Bonchev–Trinajstić information content (AvgIpc) is 3.42. The summed E-state index contributed by atoms with van der Waals surface area (Å²) >= 11 is 1.61. The Labute approximate surface area is 171 Å². The first-order valence-corrected chi connectivity index (χ1v) is 9.97. The lowest BCUT2D eigenvalue weighted by molar-refractivity contribution is 0.102. The van der Waals surface area contributed by atoms with Crippen LogP contribution in [0.5, 0.6) is 0 Å². The summed E-state index contributed by atoms with van der Waals surface area (Å²) in [5.74, 6) is -0.256. The molecule has 0 aliphatic carbocycles. The molecule has 0 aliphatic rings. The van der Waals surface area contributed by atoms with Crippen LogP contribution in [0.4, 0.5) is 5.69 Å². The molecule has 3 aromatic carbocycles. The number of anilines is 1. The molecule has 0 aliphatic heterocycles. The maximum absolute atomic E-state index is 12.8. The molecular formula is C23H16N4OS. The molecule has 1 N–H and O–H groups in total. The van der Waals surface area contributed by atoms with Gasteiger partial charge in [-0.2, -0.15) is 5.10 Å². The van der Waals surface area contributed by atoms with Crippen LogP contribution in [0, 0.1) is 0 Å². The van der Waals surface area contributed by atoms with E-state index in [1.54, 1.807) is 28.3 Å². The Kier molecular flexibility index (Phi) is 4.38. The van der Waals surface area contributed by atoms with Gasteiger partial charge in [0.05, 0.1) is 21.6 Å². The van der Waals surface area contributed by atoms with Gasteiger partial charge in [-0.1, -0.05) is 42.5 Å². The number of carbonyl (C=O) groups excluding carboxylic acids is 1. The zero-order valence-electron chi connectivity index (χ0n) is 15.3. The van der Waals surface area contributed by atoms with Crippen LogP contribution >= 0.6 is 11.3 Å².